The zero-order chi connectivity index (χ0) is 48.0. The number of hydrogen-bond donors (Lipinski definition) is 4. The molecule has 7 N–H and O–H groups in total. The van der Waals surface area contributed by atoms with Crippen LogP contribution in [0.25, 0.3) is 57.4 Å². The number of tetrazole rings is 2. The van der Waals surface area contributed by atoms with Crippen molar-refractivity contribution in [2.75, 3.05) is 36.1 Å². The van der Waals surface area contributed by atoms with Crippen molar-refractivity contribution < 1.29 is 17.9 Å². The highest BCUT2D eigenvalue weighted by molar-refractivity contribution is 7.90. The highest BCUT2D eigenvalue weighted by Crippen LogP contribution is 2.18. The lowest BCUT2D eigenvalue weighted by Crippen LogP contribution is -2.28. The van der Waals surface area contributed by atoms with Gasteiger partial charge in [-0.3, -0.25) is 0 Å². The van der Waals surface area contributed by atoms with E-state index in [0.717, 1.165) is 40.3 Å². The van der Waals surface area contributed by atoms with Crippen LogP contribution in [-0.4, -0.2) is 117 Å². The minimum Gasteiger partial charge on any atom is -0.618 e. The molecule has 68 heavy (non-hydrogen) atoms. The molecule has 0 saturated heterocycles. The van der Waals surface area contributed by atoms with Crippen LogP contribution in [0.4, 0.5) is 17.8 Å². The molecule has 0 spiro atoms. The second-order valence-corrected chi connectivity index (χ2v) is 16.4. The molecule has 2 aromatic carbocycles. The molecule has 0 radical (unpaired) electrons. The lowest BCUT2D eigenvalue weighted by molar-refractivity contribution is -0.594. The molecule has 0 aliphatic heterocycles. The second-order valence-electron chi connectivity index (χ2n) is 14.5. The van der Waals surface area contributed by atoms with Crippen molar-refractivity contribution in [1.82, 2.24) is 89.5 Å². The molecule has 0 saturated carbocycles. The first-order chi connectivity index (χ1) is 32.7. The van der Waals surface area contributed by atoms with Gasteiger partial charge in [0, 0.05) is 48.2 Å². The van der Waals surface area contributed by atoms with E-state index in [1.807, 2.05) is 48.5 Å². The van der Waals surface area contributed by atoms with Crippen molar-refractivity contribution in [3.8, 4) is 45.8 Å². The van der Waals surface area contributed by atoms with E-state index in [4.69, 9.17) is 17.2 Å². The van der Waals surface area contributed by atoms with Gasteiger partial charge < -0.3 is 32.9 Å². The number of rotatable bonds is 11. The van der Waals surface area contributed by atoms with Gasteiger partial charge in [-0.15, -0.1) is 30.6 Å². The van der Waals surface area contributed by atoms with E-state index in [1.165, 1.54) is 38.1 Å². The Morgan fingerprint density at radius 2 is 1.09 bits per heavy atom. The molecule has 10 rings (SSSR count). The SMILES string of the molecule is CS(=O)(=O)c1nc(N)n2nc(-c3cccc[n+]3[O-])nc2n1.Cn1nnc(-c2ccc(CCN)cc2)n1.Cn1nnc(-c2ccc(CCNc3nc(N)n4nc(-c5cccc[n+]5[O-])nc4n3)cc2)n1. The molecule has 346 valence electrons. The third-order valence-corrected chi connectivity index (χ3v) is 10.3. The lowest BCUT2D eigenvalue weighted by atomic mass is 10.1. The molecule has 8 heterocycles. The van der Waals surface area contributed by atoms with Crippen LogP contribution in [-0.2, 0) is 36.8 Å². The molecule has 0 fully saturated rings. The molecule has 0 atom stereocenters. The monoisotopic (exact) mass is 940 g/mol. The summed E-state index contributed by atoms with van der Waals surface area (Å²) in [4.78, 5) is 27.2. The van der Waals surface area contributed by atoms with Gasteiger partial charge in [0.05, 0.1) is 14.1 Å². The van der Waals surface area contributed by atoms with E-state index in [-0.39, 0.29) is 40.8 Å². The number of nitrogens with two attached hydrogens (primary N) is 3. The zero-order valence-electron chi connectivity index (χ0n) is 36.3. The van der Waals surface area contributed by atoms with Gasteiger partial charge in [-0.25, -0.2) is 8.42 Å². The van der Waals surface area contributed by atoms with Crippen molar-refractivity contribution in [2.45, 2.75) is 18.0 Å². The summed E-state index contributed by atoms with van der Waals surface area (Å²) in [5.41, 5.74) is 21.8. The Balaban J connectivity index is 0.000000149. The maximum atomic E-state index is 12.0. The normalized spacial score (nSPS) is 11.2. The summed E-state index contributed by atoms with van der Waals surface area (Å²) in [6.07, 6.45) is 5.25. The summed E-state index contributed by atoms with van der Waals surface area (Å²) in [6.45, 7) is 1.25. The van der Waals surface area contributed by atoms with Crippen molar-refractivity contribution in [2.24, 2.45) is 19.8 Å². The maximum Gasteiger partial charge on any atom is 0.263 e. The van der Waals surface area contributed by atoms with E-state index in [1.54, 1.807) is 44.4 Å². The quantitative estimate of drug-likeness (QED) is 0.0931. The van der Waals surface area contributed by atoms with Gasteiger partial charge in [0.2, 0.25) is 51.0 Å². The molecule has 8 aromatic heterocycles. The largest absolute Gasteiger partial charge is 0.618 e. The predicted molar refractivity (Wildman–Crippen MR) is 241 cm³/mol. The van der Waals surface area contributed by atoms with Gasteiger partial charge in [-0.05, 0) is 53.1 Å². The lowest BCUT2D eigenvalue weighted by Gasteiger charge is -2.06. The minimum absolute atomic E-state index is 0.0539. The number of nitrogens with one attached hydrogen (secondary N) is 1. The van der Waals surface area contributed by atoms with Crippen LogP contribution in [0.1, 0.15) is 11.1 Å². The van der Waals surface area contributed by atoms with Gasteiger partial charge in [-0.1, -0.05) is 48.5 Å². The number of aryl methyl sites for hydroxylation is 2. The Morgan fingerprint density at radius 1 is 0.603 bits per heavy atom. The van der Waals surface area contributed by atoms with Crippen LogP contribution >= 0.6 is 0 Å². The summed E-state index contributed by atoms with van der Waals surface area (Å²) in [5.74, 6) is 1.97. The van der Waals surface area contributed by atoms with Crippen LogP contribution in [0.2, 0.25) is 0 Å². The van der Waals surface area contributed by atoms with Gasteiger partial charge >= 0.3 is 0 Å². The molecule has 29 heteroatoms. The van der Waals surface area contributed by atoms with Crippen LogP contribution < -0.4 is 32.0 Å². The number of aromatic nitrogens is 20. The highest BCUT2D eigenvalue weighted by atomic mass is 32.2. The van der Waals surface area contributed by atoms with Crippen LogP contribution in [0.5, 0.6) is 0 Å². The third kappa shape index (κ3) is 10.5. The number of sulfone groups is 1. The van der Waals surface area contributed by atoms with E-state index in [2.05, 4.69) is 76.2 Å². The molecule has 0 bridgehead atoms. The first-order valence-electron chi connectivity index (χ1n) is 20.2. The van der Waals surface area contributed by atoms with Crippen LogP contribution in [0, 0.1) is 10.4 Å². The average molecular weight is 941 g/mol. The van der Waals surface area contributed by atoms with E-state index in [0.29, 0.717) is 45.8 Å². The molecule has 0 aliphatic carbocycles. The van der Waals surface area contributed by atoms with E-state index in [9.17, 15) is 18.8 Å². The first kappa shape index (κ1) is 45.3. The summed E-state index contributed by atoms with van der Waals surface area (Å²) in [5, 5.41) is 58.5. The molecule has 0 amide bonds. The number of nitrogen functional groups attached to an aromatic ring is 2. The summed E-state index contributed by atoms with van der Waals surface area (Å²) < 4.78 is 26.6. The number of pyridine rings is 2. The topological polar surface area (TPSA) is 377 Å². The Hall–Kier alpha value is -9.25. The Morgan fingerprint density at radius 3 is 1.54 bits per heavy atom. The average Bonchev–Trinajstić information content (AvgIpc) is 4.15. The zero-order valence-corrected chi connectivity index (χ0v) is 37.1. The van der Waals surface area contributed by atoms with Gasteiger partial charge in [0.1, 0.15) is 0 Å². The smallest absolute Gasteiger partial charge is 0.263 e. The van der Waals surface area contributed by atoms with Gasteiger partial charge in [0.25, 0.3) is 28.1 Å². The number of fused-ring (bicyclic) bond motifs is 2. The third-order valence-electron chi connectivity index (χ3n) is 9.46. The fourth-order valence-electron chi connectivity index (χ4n) is 6.18. The van der Waals surface area contributed by atoms with Crippen molar-refractivity contribution in [3.05, 3.63) is 119 Å². The first-order valence-corrected chi connectivity index (χ1v) is 22.1. The van der Waals surface area contributed by atoms with Crippen molar-refractivity contribution >= 4 is 39.2 Å². The number of benzene rings is 2. The number of anilines is 3. The second kappa shape index (κ2) is 19.5. The number of nitrogens with zero attached hydrogens (tertiary/aromatic N) is 20. The molecule has 28 nitrogen and oxygen atoms in total. The molecular weight excluding hydrogens is 901 g/mol. The Labute approximate surface area is 384 Å². The fraction of sp³-hybridized carbons (Fsp3) is 0.179. The van der Waals surface area contributed by atoms with Crippen molar-refractivity contribution in [3.63, 3.8) is 0 Å². The molecule has 0 unspecified atom stereocenters. The highest BCUT2D eigenvalue weighted by Gasteiger charge is 2.21. The summed E-state index contributed by atoms with van der Waals surface area (Å²) in [6, 6.07) is 25.7. The van der Waals surface area contributed by atoms with E-state index >= 15 is 0 Å². The van der Waals surface area contributed by atoms with Crippen LogP contribution in [0.15, 0.2) is 102 Å². The molecule has 0 aliphatic rings. The van der Waals surface area contributed by atoms with Gasteiger partial charge in [0.15, 0.2) is 12.4 Å². The van der Waals surface area contributed by atoms with Crippen LogP contribution in [0.3, 0.4) is 0 Å². The Kier molecular flexibility index (Phi) is 13.0. The summed E-state index contributed by atoms with van der Waals surface area (Å²) >= 11 is 0. The minimum atomic E-state index is -3.63. The number of hydrogen-bond acceptors (Lipinski definition) is 22. The maximum absolute atomic E-state index is 12.0. The molecule has 10 aromatic rings. The Bertz CT molecular complexity index is 3460. The summed E-state index contributed by atoms with van der Waals surface area (Å²) in [7, 11) is -0.154. The standard InChI is InChI=1S/C19H18N12O.C10H9N7O3S.C10H13N5/c1-29-26-15(25-28-29)13-7-5-12(6-8-13)9-10-21-18-23-17(20)31-19(24-18)22-16(27-31)14-4-2-3-11-30(14)32;1-21(19,20)10-13-8(11)17-9(14-10)12-7(15-17)6-4-2-3-5-16(6)18;1-15-13-10(12-14-15)9-4-2-8(3-5-9)6-7-11/h2-8,11H,9-10H2,1H3,(H3,20,21,22,23,24,27);2-5H,1H3,(H2,11,12,13,14,15);2-5H,6-7,11H2,1H3. The van der Waals surface area contributed by atoms with E-state index < -0.39 is 15.0 Å². The predicted octanol–water partition coefficient (Wildman–Crippen LogP) is -0.569. The molecular formula is C39H40N24O4S. The van der Waals surface area contributed by atoms with Gasteiger partial charge in [-0.2, -0.15) is 58.0 Å². The fourth-order valence-corrected chi connectivity index (χ4v) is 6.69. The van der Waals surface area contributed by atoms with Crippen molar-refractivity contribution in [1.29, 1.82) is 0 Å².